The Labute approximate surface area is 107 Å². The van der Waals surface area contributed by atoms with E-state index in [1.165, 1.54) is 6.33 Å². The fraction of sp³-hybridized carbons (Fsp3) is 0.667. The monoisotopic (exact) mass is 252 g/mol. The number of anilines is 1. The SMILES string of the molecule is CCCc1c(NN)ncnc1OCC1CCCO1. The Kier molecular flexibility index (Phi) is 4.72. The standard InChI is InChI=1S/C12H20N4O2/c1-2-4-10-11(16-13)14-8-15-12(10)18-7-9-5-3-6-17-9/h8-9H,2-7,13H2,1H3,(H,14,15,16). The van der Waals surface area contributed by atoms with Gasteiger partial charge in [-0.2, -0.15) is 0 Å². The van der Waals surface area contributed by atoms with Gasteiger partial charge in [-0.1, -0.05) is 13.3 Å². The largest absolute Gasteiger partial charge is 0.475 e. The lowest BCUT2D eigenvalue weighted by Crippen LogP contribution is -2.19. The molecule has 0 amide bonds. The van der Waals surface area contributed by atoms with Crippen molar-refractivity contribution in [3.8, 4) is 5.88 Å². The Morgan fingerprint density at radius 3 is 3.11 bits per heavy atom. The molecule has 1 aromatic heterocycles. The van der Waals surface area contributed by atoms with Crippen molar-refractivity contribution in [1.29, 1.82) is 0 Å². The molecule has 1 atom stereocenters. The summed E-state index contributed by atoms with van der Waals surface area (Å²) in [5.74, 6) is 6.69. The van der Waals surface area contributed by atoms with Crippen molar-refractivity contribution in [3.63, 3.8) is 0 Å². The van der Waals surface area contributed by atoms with Crippen molar-refractivity contribution < 1.29 is 9.47 Å². The molecule has 6 heteroatoms. The number of ether oxygens (including phenoxy) is 2. The van der Waals surface area contributed by atoms with Crippen LogP contribution in [0.15, 0.2) is 6.33 Å². The summed E-state index contributed by atoms with van der Waals surface area (Å²) in [6.45, 7) is 3.46. The number of nitrogens with one attached hydrogen (secondary N) is 1. The van der Waals surface area contributed by atoms with Crippen LogP contribution in [-0.4, -0.2) is 29.3 Å². The molecule has 1 fully saturated rings. The maximum Gasteiger partial charge on any atom is 0.221 e. The first-order valence-corrected chi connectivity index (χ1v) is 6.40. The van der Waals surface area contributed by atoms with Crippen LogP contribution in [0.5, 0.6) is 5.88 Å². The van der Waals surface area contributed by atoms with E-state index in [0.29, 0.717) is 18.3 Å². The molecule has 0 bridgehead atoms. The molecule has 2 rings (SSSR count). The van der Waals surface area contributed by atoms with E-state index >= 15 is 0 Å². The van der Waals surface area contributed by atoms with Gasteiger partial charge in [-0.05, 0) is 19.3 Å². The summed E-state index contributed by atoms with van der Waals surface area (Å²) in [7, 11) is 0. The van der Waals surface area contributed by atoms with Crippen LogP contribution in [0.25, 0.3) is 0 Å². The van der Waals surface area contributed by atoms with Crippen LogP contribution in [0.2, 0.25) is 0 Å². The zero-order valence-corrected chi connectivity index (χ0v) is 10.7. The third kappa shape index (κ3) is 3.08. The second kappa shape index (κ2) is 6.51. The van der Waals surface area contributed by atoms with Crippen molar-refractivity contribution in [3.05, 3.63) is 11.9 Å². The smallest absolute Gasteiger partial charge is 0.221 e. The molecule has 1 aliphatic rings. The first-order valence-electron chi connectivity index (χ1n) is 6.40. The second-order valence-corrected chi connectivity index (χ2v) is 4.35. The third-order valence-corrected chi connectivity index (χ3v) is 2.97. The minimum Gasteiger partial charge on any atom is -0.475 e. The van der Waals surface area contributed by atoms with E-state index < -0.39 is 0 Å². The van der Waals surface area contributed by atoms with Crippen LogP contribution in [-0.2, 0) is 11.2 Å². The fourth-order valence-electron chi connectivity index (χ4n) is 2.07. The quantitative estimate of drug-likeness (QED) is 0.586. The maximum absolute atomic E-state index is 5.74. The molecule has 1 aliphatic heterocycles. The van der Waals surface area contributed by atoms with E-state index in [1.807, 2.05) is 0 Å². The molecular weight excluding hydrogens is 232 g/mol. The Bertz CT molecular complexity index is 380. The Hall–Kier alpha value is -1.40. The van der Waals surface area contributed by atoms with E-state index in [0.717, 1.165) is 37.9 Å². The predicted molar refractivity (Wildman–Crippen MR) is 68.3 cm³/mol. The van der Waals surface area contributed by atoms with E-state index in [9.17, 15) is 0 Å². The van der Waals surface area contributed by atoms with Gasteiger partial charge in [0, 0.05) is 6.61 Å². The molecule has 0 radical (unpaired) electrons. The molecule has 0 aliphatic carbocycles. The van der Waals surface area contributed by atoms with Crippen LogP contribution in [0, 0.1) is 0 Å². The first kappa shape index (κ1) is 13.0. The molecular formula is C12H20N4O2. The molecule has 0 aromatic carbocycles. The van der Waals surface area contributed by atoms with Crippen molar-refractivity contribution in [2.45, 2.75) is 38.7 Å². The lowest BCUT2D eigenvalue weighted by atomic mass is 10.2. The molecule has 0 spiro atoms. The van der Waals surface area contributed by atoms with Gasteiger partial charge in [0.15, 0.2) is 0 Å². The van der Waals surface area contributed by atoms with Crippen molar-refractivity contribution in [2.24, 2.45) is 5.84 Å². The second-order valence-electron chi connectivity index (χ2n) is 4.35. The summed E-state index contributed by atoms with van der Waals surface area (Å²) in [6, 6.07) is 0. The summed E-state index contributed by atoms with van der Waals surface area (Å²) < 4.78 is 11.3. The predicted octanol–water partition coefficient (Wildman–Crippen LogP) is 1.27. The molecule has 1 unspecified atom stereocenters. The summed E-state index contributed by atoms with van der Waals surface area (Å²) in [4.78, 5) is 8.28. The van der Waals surface area contributed by atoms with Gasteiger partial charge in [0.25, 0.3) is 0 Å². The summed E-state index contributed by atoms with van der Waals surface area (Å²) in [5.41, 5.74) is 3.52. The molecule has 0 saturated carbocycles. The van der Waals surface area contributed by atoms with Crippen LogP contribution >= 0.6 is 0 Å². The summed E-state index contributed by atoms with van der Waals surface area (Å²) in [6.07, 6.45) is 5.62. The Morgan fingerprint density at radius 1 is 1.56 bits per heavy atom. The lowest BCUT2D eigenvalue weighted by Gasteiger charge is -2.15. The van der Waals surface area contributed by atoms with Gasteiger partial charge in [0.2, 0.25) is 5.88 Å². The van der Waals surface area contributed by atoms with Gasteiger partial charge >= 0.3 is 0 Å². The highest BCUT2D eigenvalue weighted by atomic mass is 16.5. The van der Waals surface area contributed by atoms with Crippen LogP contribution in [0.1, 0.15) is 31.7 Å². The highest BCUT2D eigenvalue weighted by Crippen LogP contribution is 2.24. The van der Waals surface area contributed by atoms with Crippen LogP contribution < -0.4 is 16.0 Å². The van der Waals surface area contributed by atoms with E-state index in [-0.39, 0.29) is 6.10 Å². The number of nitrogens with zero attached hydrogens (tertiary/aromatic N) is 2. The molecule has 100 valence electrons. The van der Waals surface area contributed by atoms with Gasteiger partial charge in [-0.25, -0.2) is 15.8 Å². The zero-order valence-electron chi connectivity index (χ0n) is 10.7. The van der Waals surface area contributed by atoms with E-state index in [1.54, 1.807) is 0 Å². The Morgan fingerprint density at radius 2 is 2.44 bits per heavy atom. The van der Waals surface area contributed by atoms with Crippen molar-refractivity contribution >= 4 is 5.82 Å². The van der Waals surface area contributed by atoms with Gasteiger partial charge in [0.1, 0.15) is 18.8 Å². The van der Waals surface area contributed by atoms with Crippen LogP contribution in [0.3, 0.4) is 0 Å². The van der Waals surface area contributed by atoms with Gasteiger partial charge in [-0.3, -0.25) is 0 Å². The molecule has 3 N–H and O–H groups in total. The van der Waals surface area contributed by atoms with E-state index in [2.05, 4.69) is 22.3 Å². The number of hydrogen-bond donors (Lipinski definition) is 2. The topological polar surface area (TPSA) is 82.3 Å². The molecule has 6 nitrogen and oxygen atoms in total. The highest BCUT2D eigenvalue weighted by molar-refractivity contribution is 5.47. The van der Waals surface area contributed by atoms with Gasteiger partial charge in [0.05, 0.1) is 11.7 Å². The zero-order chi connectivity index (χ0) is 12.8. The fourth-order valence-corrected chi connectivity index (χ4v) is 2.07. The maximum atomic E-state index is 5.74. The first-order chi connectivity index (χ1) is 8.85. The number of aromatic nitrogens is 2. The number of hydrogen-bond acceptors (Lipinski definition) is 6. The third-order valence-electron chi connectivity index (χ3n) is 2.97. The molecule has 18 heavy (non-hydrogen) atoms. The van der Waals surface area contributed by atoms with Crippen molar-refractivity contribution in [2.75, 3.05) is 18.6 Å². The minimum atomic E-state index is 0.184. The number of rotatable bonds is 6. The molecule has 2 heterocycles. The number of hydrazine groups is 1. The average Bonchev–Trinajstić information content (AvgIpc) is 2.91. The highest BCUT2D eigenvalue weighted by Gasteiger charge is 2.18. The summed E-state index contributed by atoms with van der Waals surface area (Å²) >= 11 is 0. The number of nitrogens with two attached hydrogens (primary N) is 1. The Balaban J connectivity index is 2.05. The molecule has 1 aromatic rings. The molecule has 1 saturated heterocycles. The van der Waals surface area contributed by atoms with Gasteiger partial charge < -0.3 is 14.9 Å². The van der Waals surface area contributed by atoms with Crippen LogP contribution in [0.4, 0.5) is 5.82 Å². The van der Waals surface area contributed by atoms with Crippen molar-refractivity contribution in [1.82, 2.24) is 9.97 Å². The van der Waals surface area contributed by atoms with E-state index in [4.69, 9.17) is 15.3 Å². The average molecular weight is 252 g/mol. The number of nitrogen functional groups attached to an aromatic ring is 1. The summed E-state index contributed by atoms with van der Waals surface area (Å²) in [5, 5.41) is 0. The lowest BCUT2D eigenvalue weighted by molar-refractivity contribution is 0.0659. The normalized spacial score (nSPS) is 18.9. The minimum absolute atomic E-state index is 0.184. The van der Waals surface area contributed by atoms with Gasteiger partial charge in [-0.15, -0.1) is 0 Å².